The first kappa shape index (κ1) is 5.70. The molecule has 0 unspecified atom stereocenters. The highest BCUT2D eigenvalue weighted by Gasteiger charge is 2.93. The fourth-order valence-corrected chi connectivity index (χ4v) is 2.01. The van der Waals surface area contributed by atoms with E-state index < -0.39 is 14.1 Å². The summed E-state index contributed by atoms with van der Waals surface area (Å²) in [5.41, 5.74) is 0. The molecule has 0 aromatic carbocycles. The van der Waals surface area contributed by atoms with E-state index in [4.69, 9.17) is 4.89 Å². The molecule has 3 heterocycles. The minimum Gasteiger partial charge on any atom is -0.290 e. The van der Waals surface area contributed by atoms with E-state index in [2.05, 4.69) is 13.6 Å². The molecule has 1 N–H and O–H groups in total. The molecule has 0 aliphatic carbocycles. The molecule has 3 aliphatic heterocycles. The third-order valence-electron chi connectivity index (χ3n) is 1.14. The Morgan fingerprint density at radius 1 is 1.56 bits per heavy atom. The normalized spacial score (nSPS) is 53.6. The summed E-state index contributed by atoms with van der Waals surface area (Å²) in [6.07, 6.45) is 0. The van der Waals surface area contributed by atoms with Gasteiger partial charge in [-0.1, -0.05) is 13.6 Å². The smallest absolute Gasteiger partial charge is 0.290 e. The highest BCUT2D eigenvalue weighted by atomic mass is 31.2. The number of rotatable bonds is 1. The molecule has 0 aromatic rings. The fourth-order valence-electron chi connectivity index (χ4n) is 0.669. The van der Waals surface area contributed by atoms with Crippen molar-refractivity contribution in [2.45, 2.75) is 12.9 Å². The van der Waals surface area contributed by atoms with Crippen LogP contribution in [0.4, 0.5) is 0 Å². The first-order valence-corrected chi connectivity index (χ1v) is 3.81. The standard InChI is InChI=1S/C3H4O5P/c1-2(4)3-6-9(5,7-3)8-3/h5H,1H3/q+1. The molecular formula is C3H4O5P+. The van der Waals surface area contributed by atoms with Gasteiger partial charge in [-0.05, 0) is 0 Å². The lowest BCUT2D eigenvalue weighted by molar-refractivity contribution is -0.412. The molecule has 0 spiro atoms. The molecule has 9 heavy (non-hydrogen) atoms. The van der Waals surface area contributed by atoms with E-state index in [9.17, 15) is 4.79 Å². The second kappa shape index (κ2) is 1.19. The molecule has 0 radical (unpaired) electrons. The van der Waals surface area contributed by atoms with Gasteiger partial charge in [0.2, 0.25) is 5.78 Å². The Morgan fingerprint density at radius 2 is 2.00 bits per heavy atom. The largest absolute Gasteiger partial charge is 0.591 e. The minimum absolute atomic E-state index is 0.376. The molecule has 3 saturated heterocycles. The van der Waals surface area contributed by atoms with Gasteiger partial charge in [-0.2, -0.15) is 4.89 Å². The van der Waals surface area contributed by atoms with Crippen molar-refractivity contribution in [2.75, 3.05) is 0 Å². The van der Waals surface area contributed by atoms with Crippen LogP contribution in [-0.2, 0) is 18.4 Å². The molecule has 3 fully saturated rings. The van der Waals surface area contributed by atoms with Crippen molar-refractivity contribution in [1.82, 2.24) is 0 Å². The van der Waals surface area contributed by atoms with Gasteiger partial charge >= 0.3 is 14.1 Å². The Morgan fingerprint density at radius 3 is 2.11 bits per heavy atom. The second-order valence-electron chi connectivity index (χ2n) is 1.85. The molecule has 6 heteroatoms. The van der Waals surface area contributed by atoms with E-state index in [1.54, 1.807) is 0 Å². The van der Waals surface area contributed by atoms with E-state index in [0.29, 0.717) is 0 Å². The van der Waals surface area contributed by atoms with Crippen LogP contribution in [-0.4, -0.2) is 16.6 Å². The predicted octanol–water partition coefficient (Wildman–Crippen LogP) is -0.0239. The predicted molar refractivity (Wildman–Crippen MR) is 25.8 cm³/mol. The van der Waals surface area contributed by atoms with Gasteiger partial charge in [0.1, 0.15) is 0 Å². The summed E-state index contributed by atoms with van der Waals surface area (Å²) in [6.45, 7) is 1.27. The lowest BCUT2D eigenvalue weighted by Gasteiger charge is -2.45. The van der Waals surface area contributed by atoms with Crippen LogP contribution in [0.5, 0.6) is 0 Å². The summed E-state index contributed by atoms with van der Waals surface area (Å²) in [5, 5.41) is 0. The molecule has 50 valence electrons. The van der Waals surface area contributed by atoms with Gasteiger partial charge in [-0.25, -0.2) is 0 Å². The van der Waals surface area contributed by atoms with Crippen LogP contribution < -0.4 is 0 Å². The number of hydrogen-bond donors (Lipinski definition) is 1. The quantitative estimate of drug-likeness (QED) is 0.533. The number of hydrogen-bond acceptors (Lipinski definition) is 5. The molecule has 2 bridgehead atoms. The molecule has 3 rings (SSSR count). The van der Waals surface area contributed by atoms with Gasteiger partial charge in [-0.3, -0.25) is 4.79 Å². The molecule has 0 atom stereocenters. The summed E-state index contributed by atoms with van der Waals surface area (Å²) < 4.78 is 13.6. The zero-order valence-electron chi connectivity index (χ0n) is 4.53. The van der Waals surface area contributed by atoms with Crippen molar-refractivity contribution in [1.29, 1.82) is 0 Å². The number of carbonyl (C=O) groups excluding carboxylic acids is 1. The first-order chi connectivity index (χ1) is 4.06. The van der Waals surface area contributed by atoms with Crippen LogP contribution in [0.2, 0.25) is 0 Å². The topological polar surface area (TPSA) is 65.0 Å². The van der Waals surface area contributed by atoms with E-state index in [1.165, 1.54) is 6.92 Å². The Labute approximate surface area is 51.2 Å². The number of ketones is 1. The highest BCUT2D eigenvalue weighted by Crippen LogP contribution is 2.85. The van der Waals surface area contributed by atoms with Crippen LogP contribution in [0.3, 0.4) is 0 Å². The van der Waals surface area contributed by atoms with Gasteiger partial charge in [-0.15, -0.1) is 0 Å². The van der Waals surface area contributed by atoms with E-state index in [-0.39, 0.29) is 5.78 Å². The number of Topliss-reactive ketones (excluding diaryl/α,β-unsaturated/α-hetero) is 1. The summed E-state index contributed by atoms with van der Waals surface area (Å²) in [5.74, 6) is -1.89. The van der Waals surface area contributed by atoms with Crippen LogP contribution in [0.25, 0.3) is 0 Å². The molecule has 5 nitrogen and oxygen atoms in total. The zero-order chi connectivity index (χ0) is 6.70. The van der Waals surface area contributed by atoms with Gasteiger partial charge in [0.25, 0.3) is 0 Å². The second-order valence-corrected chi connectivity index (χ2v) is 3.34. The Bertz CT molecular complexity index is 169. The molecule has 0 saturated carbocycles. The maximum atomic E-state index is 10.5. The Balaban J connectivity index is 2.13. The van der Waals surface area contributed by atoms with Crippen molar-refractivity contribution >= 4 is 14.0 Å². The van der Waals surface area contributed by atoms with Crippen molar-refractivity contribution in [3.05, 3.63) is 0 Å². The Hall–Kier alpha value is -0.0600. The summed E-state index contributed by atoms with van der Waals surface area (Å²) >= 11 is 0. The van der Waals surface area contributed by atoms with E-state index in [0.717, 1.165) is 0 Å². The van der Waals surface area contributed by atoms with Gasteiger partial charge < -0.3 is 0 Å². The van der Waals surface area contributed by atoms with E-state index >= 15 is 0 Å². The van der Waals surface area contributed by atoms with Crippen LogP contribution in [0.1, 0.15) is 6.92 Å². The third-order valence-corrected chi connectivity index (χ3v) is 2.55. The minimum atomic E-state index is -2.91. The SMILES string of the molecule is CC(=O)C12O[P+](O)(O1)O2. The zero-order valence-corrected chi connectivity index (χ0v) is 5.42. The van der Waals surface area contributed by atoms with Crippen molar-refractivity contribution in [3.63, 3.8) is 0 Å². The summed E-state index contributed by atoms with van der Waals surface area (Å²) in [4.78, 5) is 19.1. The summed E-state index contributed by atoms with van der Waals surface area (Å²) in [6, 6.07) is 0. The van der Waals surface area contributed by atoms with Crippen molar-refractivity contribution in [3.8, 4) is 0 Å². The Kier molecular flexibility index (Phi) is 0.753. The highest BCUT2D eigenvalue weighted by molar-refractivity contribution is 7.58. The number of carbonyl (C=O) groups is 1. The average molecular weight is 151 g/mol. The maximum Gasteiger partial charge on any atom is 0.591 e. The third kappa shape index (κ3) is 0.489. The summed E-state index contributed by atoms with van der Waals surface area (Å²) in [7, 11) is -2.91. The molecule has 3 aliphatic rings. The molecule has 0 amide bonds. The first-order valence-electron chi connectivity index (χ1n) is 2.31. The van der Waals surface area contributed by atoms with Crippen LogP contribution in [0.15, 0.2) is 0 Å². The van der Waals surface area contributed by atoms with Crippen LogP contribution >= 0.6 is 8.17 Å². The lowest BCUT2D eigenvalue weighted by Crippen LogP contribution is -2.64. The van der Waals surface area contributed by atoms with Crippen molar-refractivity contribution in [2.24, 2.45) is 0 Å². The molecule has 0 aromatic heterocycles. The van der Waals surface area contributed by atoms with Gasteiger partial charge in [0.15, 0.2) is 0 Å². The fraction of sp³-hybridized carbons (Fsp3) is 0.667. The monoisotopic (exact) mass is 151 g/mol. The van der Waals surface area contributed by atoms with Gasteiger partial charge in [0.05, 0.1) is 0 Å². The van der Waals surface area contributed by atoms with Crippen LogP contribution in [0, 0.1) is 0 Å². The average Bonchev–Trinajstić information content (AvgIpc) is 1.54. The van der Waals surface area contributed by atoms with E-state index in [1.807, 2.05) is 0 Å². The van der Waals surface area contributed by atoms with Gasteiger partial charge in [0, 0.05) is 6.92 Å². The molecular weight excluding hydrogens is 147 g/mol. The van der Waals surface area contributed by atoms with Crippen molar-refractivity contribution < 1.29 is 23.3 Å². The lowest BCUT2D eigenvalue weighted by atomic mass is 10.4. The maximum absolute atomic E-state index is 10.5.